The zero-order valence-corrected chi connectivity index (χ0v) is 18.6. The number of amides is 1. The third kappa shape index (κ3) is 4.51. The SMILES string of the molecule is O=C(CN1C(=S)N[C@H](c2ccccn2)[C@@H]1c1cccn1Cc1ccco1)Nc1ccccc1. The highest BCUT2D eigenvalue weighted by Gasteiger charge is 2.41. The zero-order valence-electron chi connectivity index (χ0n) is 17.8. The molecule has 1 aromatic carbocycles. The van der Waals surface area contributed by atoms with Crippen LogP contribution in [0.3, 0.4) is 0 Å². The average molecular weight is 458 g/mol. The summed E-state index contributed by atoms with van der Waals surface area (Å²) in [5, 5.41) is 6.87. The summed E-state index contributed by atoms with van der Waals surface area (Å²) in [7, 11) is 0. The van der Waals surface area contributed by atoms with E-state index >= 15 is 0 Å². The molecule has 0 aliphatic carbocycles. The largest absolute Gasteiger partial charge is 0.467 e. The molecule has 1 aliphatic rings. The number of hydrogen-bond donors (Lipinski definition) is 2. The Kier molecular flexibility index (Phi) is 5.91. The van der Waals surface area contributed by atoms with Crippen molar-refractivity contribution in [3.63, 3.8) is 0 Å². The molecule has 1 fully saturated rings. The molecule has 3 aromatic heterocycles. The van der Waals surface area contributed by atoms with Gasteiger partial charge < -0.3 is 24.5 Å². The number of pyridine rings is 1. The molecule has 4 aromatic rings. The summed E-state index contributed by atoms with van der Waals surface area (Å²) in [5.74, 6) is 0.713. The third-order valence-corrected chi connectivity index (χ3v) is 6.00. The molecular weight excluding hydrogens is 434 g/mol. The van der Waals surface area contributed by atoms with Crippen molar-refractivity contribution in [3.8, 4) is 0 Å². The maximum Gasteiger partial charge on any atom is 0.244 e. The highest BCUT2D eigenvalue weighted by molar-refractivity contribution is 7.80. The van der Waals surface area contributed by atoms with Gasteiger partial charge in [0, 0.05) is 23.8 Å². The standard InChI is InChI=1S/C25H23N5O2S/c31-22(27-18-8-2-1-3-9-18)17-30-24(23(28-25(30)33)20-11-4-5-13-26-20)21-12-6-14-29(21)16-19-10-7-15-32-19/h1-15,23-24H,16-17H2,(H,27,31)(H,28,33)/t23-,24+/m1/s1. The number of aromatic nitrogens is 2. The molecule has 7 nitrogen and oxygen atoms in total. The molecule has 0 saturated carbocycles. The van der Waals surface area contributed by atoms with E-state index in [0.717, 1.165) is 22.8 Å². The fourth-order valence-corrected chi connectivity index (χ4v) is 4.49. The first kappa shape index (κ1) is 21.0. The molecule has 1 amide bonds. The van der Waals surface area contributed by atoms with E-state index in [9.17, 15) is 4.79 Å². The van der Waals surface area contributed by atoms with Crippen molar-refractivity contribution in [2.24, 2.45) is 0 Å². The average Bonchev–Trinajstić information content (AvgIpc) is 3.57. The smallest absolute Gasteiger partial charge is 0.244 e. The Bertz CT molecular complexity index is 1220. The summed E-state index contributed by atoms with van der Waals surface area (Å²) in [6.07, 6.45) is 5.45. The highest BCUT2D eigenvalue weighted by atomic mass is 32.1. The minimum absolute atomic E-state index is 0.112. The van der Waals surface area contributed by atoms with Gasteiger partial charge >= 0.3 is 0 Å². The van der Waals surface area contributed by atoms with E-state index in [-0.39, 0.29) is 24.5 Å². The predicted molar refractivity (Wildman–Crippen MR) is 129 cm³/mol. The quantitative estimate of drug-likeness (QED) is 0.407. The minimum atomic E-state index is -0.223. The zero-order chi connectivity index (χ0) is 22.6. The second-order valence-corrected chi connectivity index (χ2v) is 8.20. The van der Waals surface area contributed by atoms with E-state index in [1.807, 2.05) is 77.8 Å². The van der Waals surface area contributed by atoms with Crippen molar-refractivity contribution in [2.75, 3.05) is 11.9 Å². The number of benzene rings is 1. The van der Waals surface area contributed by atoms with Gasteiger partial charge in [0.1, 0.15) is 12.3 Å². The van der Waals surface area contributed by atoms with Crippen LogP contribution in [0.15, 0.2) is 95.9 Å². The minimum Gasteiger partial charge on any atom is -0.467 e. The fourth-order valence-electron chi connectivity index (χ4n) is 4.18. The van der Waals surface area contributed by atoms with Crippen molar-refractivity contribution in [2.45, 2.75) is 18.6 Å². The normalized spacial score (nSPS) is 17.7. The summed E-state index contributed by atoms with van der Waals surface area (Å²) >= 11 is 5.69. The fraction of sp³-hybridized carbons (Fsp3) is 0.160. The summed E-state index contributed by atoms with van der Waals surface area (Å²) in [6.45, 7) is 0.693. The predicted octanol–water partition coefficient (Wildman–Crippen LogP) is 4.14. The van der Waals surface area contributed by atoms with E-state index in [1.165, 1.54) is 0 Å². The lowest BCUT2D eigenvalue weighted by Crippen LogP contribution is -2.37. The summed E-state index contributed by atoms with van der Waals surface area (Å²) in [6, 6.07) is 22.7. The Labute approximate surface area is 197 Å². The van der Waals surface area contributed by atoms with Crippen LogP contribution in [0.25, 0.3) is 0 Å². The van der Waals surface area contributed by atoms with Crippen LogP contribution in [0.4, 0.5) is 5.69 Å². The topological polar surface area (TPSA) is 75.3 Å². The molecule has 5 rings (SSSR count). The van der Waals surface area contributed by atoms with E-state index in [0.29, 0.717) is 11.7 Å². The maximum absolute atomic E-state index is 12.9. The highest BCUT2D eigenvalue weighted by Crippen LogP contribution is 2.38. The summed E-state index contributed by atoms with van der Waals surface area (Å²) < 4.78 is 7.68. The number of anilines is 1. The van der Waals surface area contributed by atoms with Crippen LogP contribution in [-0.2, 0) is 11.3 Å². The summed E-state index contributed by atoms with van der Waals surface area (Å²) in [5.41, 5.74) is 2.63. The van der Waals surface area contributed by atoms with Crippen LogP contribution in [0.5, 0.6) is 0 Å². The molecule has 0 bridgehead atoms. The van der Waals surface area contributed by atoms with Crippen LogP contribution in [-0.4, -0.2) is 32.0 Å². The second kappa shape index (κ2) is 9.30. The maximum atomic E-state index is 12.9. The van der Waals surface area contributed by atoms with Gasteiger partial charge in [-0.05, 0) is 60.7 Å². The van der Waals surface area contributed by atoms with Crippen LogP contribution in [0, 0.1) is 0 Å². The number of carbonyl (C=O) groups is 1. The number of rotatable bonds is 7. The van der Waals surface area contributed by atoms with Crippen molar-refractivity contribution in [1.29, 1.82) is 0 Å². The van der Waals surface area contributed by atoms with Gasteiger partial charge in [-0.25, -0.2) is 0 Å². The lowest BCUT2D eigenvalue weighted by molar-refractivity contribution is -0.116. The molecule has 0 unspecified atom stereocenters. The van der Waals surface area contributed by atoms with Gasteiger partial charge in [0.05, 0.1) is 30.6 Å². The molecule has 8 heteroatoms. The first-order valence-electron chi connectivity index (χ1n) is 10.7. The lowest BCUT2D eigenvalue weighted by Gasteiger charge is -2.28. The number of para-hydroxylation sites is 1. The molecule has 2 N–H and O–H groups in total. The Morgan fingerprint density at radius 3 is 2.67 bits per heavy atom. The molecule has 1 aliphatic heterocycles. The van der Waals surface area contributed by atoms with Gasteiger partial charge in [0.2, 0.25) is 5.91 Å². The number of furan rings is 1. The lowest BCUT2D eigenvalue weighted by atomic mass is 10.0. The van der Waals surface area contributed by atoms with Crippen molar-refractivity contribution >= 4 is 28.9 Å². The van der Waals surface area contributed by atoms with E-state index in [4.69, 9.17) is 16.6 Å². The van der Waals surface area contributed by atoms with Gasteiger partial charge in [-0.3, -0.25) is 9.78 Å². The second-order valence-electron chi connectivity index (χ2n) is 7.81. The molecule has 2 atom stereocenters. The van der Waals surface area contributed by atoms with Gasteiger partial charge in [0.25, 0.3) is 0 Å². The molecule has 0 radical (unpaired) electrons. The Balaban J connectivity index is 1.46. The van der Waals surface area contributed by atoms with Gasteiger partial charge in [-0.15, -0.1) is 0 Å². The van der Waals surface area contributed by atoms with E-state index in [2.05, 4.69) is 26.3 Å². The number of nitrogens with zero attached hydrogens (tertiary/aromatic N) is 3. The van der Waals surface area contributed by atoms with Crippen LogP contribution in [0.2, 0.25) is 0 Å². The first-order valence-corrected chi connectivity index (χ1v) is 11.1. The van der Waals surface area contributed by atoms with Gasteiger partial charge in [-0.1, -0.05) is 24.3 Å². The molecule has 0 spiro atoms. The third-order valence-electron chi connectivity index (χ3n) is 5.64. The molecular formula is C25H23N5O2S. The van der Waals surface area contributed by atoms with Crippen LogP contribution >= 0.6 is 12.2 Å². The van der Waals surface area contributed by atoms with Gasteiger partial charge in [0.15, 0.2) is 5.11 Å². The van der Waals surface area contributed by atoms with Crippen molar-refractivity contribution in [1.82, 2.24) is 19.8 Å². The monoisotopic (exact) mass is 457 g/mol. The van der Waals surface area contributed by atoms with E-state index in [1.54, 1.807) is 12.5 Å². The molecule has 4 heterocycles. The van der Waals surface area contributed by atoms with Crippen molar-refractivity contribution < 1.29 is 9.21 Å². The Hall–Kier alpha value is -3.91. The molecule has 33 heavy (non-hydrogen) atoms. The van der Waals surface area contributed by atoms with Crippen molar-refractivity contribution in [3.05, 3.63) is 109 Å². The molecule has 166 valence electrons. The Morgan fingerprint density at radius 2 is 1.91 bits per heavy atom. The van der Waals surface area contributed by atoms with Crippen LogP contribution in [0.1, 0.15) is 29.2 Å². The van der Waals surface area contributed by atoms with Gasteiger partial charge in [-0.2, -0.15) is 0 Å². The Morgan fingerprint density at radius 1 is 1.06 bits per heavy atom. The first-order chi connectivity index (χ1) is 16.2. The summed E-state index contributed by atoms with van der Waals surface area (Å²) in [4.78, 5) is 19.4. The number of hydrogen-bond acceptors (Lipinski definition) is 4. The molecule has 1 saturated heterocycles. The number of nitrogens with one attached hydrogen (secondary N) is 2. The number of carbonyl (C=O) groups excluding carboxylic acids is 1. The van der Waals surface area contributed by atoms with E-state index < -0.39 is 0 Å². The van der Waals surface area contributed by atoms with Crippen LogP contribution < -0.4 is 10.6 Å². The number of thiocarbonyl (C=S) groups is 1.